The smallest absolute Gasteiger partial charge is 0.344 e. The number of esters is 1. The molecule has 1 N–H and O–H groups in total. The summed E-state index contributed by atoms with van der Waals surface area (Å²) in [6.45, 7) is -0.772. The number of hydrogen-bond donors (Lipinski definition) is 1. The minimum atomic E-state index is -0.668. The molecule has 0 fully saturated rings. The number of nitrogens with one attached hydrogen (secondary N) is 1. The van der Waals surface area contributed by atoms with Crippen LogP contribution in [-0.4, -0.2) is 25.1 Å². The molecule has 2 aromatic carbocycles. The maximum Gasteiger partial charge on any atom is 0.344 e. The lowest BCUT2D eigenvalue weighted by atomic mass is 10.3. The van der Waals surface area contributed by atoms with Crippen LogP contribution in [0.4, 0.5) is 5.69 Å². The lowest BCUT2D eigenvalue weighted by Gasteiger charge is -2.10. The minimum Gasteiger partial charge on any atom is -0.482 e. The van der Waals surface area contributed by atoms with E-state index in [-0.39, 0.29) is 12.3 Å². The van der Waals surface area contributed by atoms with Gasteiger partial charge in [0.2, 0.25) is 0 Å². The van der Waals surface area contributed by atoms with Crippen LogP contribution in [0.25, 0.3) is 0 Å². The van der Waals surface area contributed by atoms with E-state index >= 15 is 0 Å². The third-order valence-electron chi connectivity index (χ3n) is 2.76. The van der Waals surface area contributed by atoms with E-state index in [2.05, 4.69) is 21.2 Å². The van der Waals surface area contributed by atoms with Gasteiger partial charge in [-0.1, -0.05) is 45.2 Å². The summed E-state index contributed by atoms with van der Waals surface area (Å²) in [6.07, 6.45) is 0. The molecule has 0 radical (unpaired) electrons. The Morgan fingerprint density at radius 2 is 1.62 bits per heavy atom. The van der Waals surface area contributed by atoms with Gasteiger partial charge in [-0.25, -0.2) is 4.79 Å². The quantitative estimate of drug-likeness (QED) is 0.690. The molecule has 5 nitrogen and oxygen atoms in total. The number of anilines is 1. The molecule has 0 spiro atoms. The van der Waals surface area contributed by atoms with E-state index in [0.29, 0.717) is 15.8 Å². The highest BCUT2D eigenvalue weighted by Crippen LogP contribution is 2.29. The van der Waals surface area contributed by atoms with Crippen molar-refractivity contribution in [3.05, 3.63) is 57.0 Å². The number of halogens is 3. The van der Waals surface area contributed by atoms with E-state index in [4.69, 9.17) is 32.7 Å². The van der Waals surface area contributed by atoms with E-state index in [9.17, 15) is 9.59 Å². The average molecular weight is 433 g/mol. The second-order valence-electron chi connectivity index (χ2n) is 4.55. The van der Waals surface area contributed by atoms with Crippen LogP contribution in [0, 0.1) is 0 Å². The molecule has 0 aromatic heterocycles. The molecule has 24 heavy (non-hydrogen) atoms. The van der Waals surface area contributed by atoms with Gasteiger partial charge in [-0.15, -0.1) is 0 Å². The normalized spacial score (nSPS) is 10.1. The van der Waals surface area contributed by atoms with Crippen LogP contribution >= 0.6 is 39.1 Å². The van der Waals surface area contributed by atoms with Crippen molar-refractivity contribution in [1.82, 2.24) is 0 Å². The summed E-state index contributed by atoms with van der Waals surface area (Å²) >= 11 is 15.2. The van der Waals surface area contributed by atoms with Gasteiger partial charge in [0.25, 0.3) is 5.91 Å². The number of para-hydroxylation sites is 1. The van der Waals surface area contributed by atoms with Crippen molar-refractivity contribution in [3.8, 4) is 5.75 Å². The molecule has 0 atom stereocenters. The van der Waals surface area contributed by atoms with Crippen molar-refractivity contribution in [3.63, 3.8) is 0 Å². The Labute approximate surface area is 157 Å². The van der Waals surface area contributed by atoms with Crippen LogP contribution in [0.15, 0.2) is 46.9 Å². The van der Waals surface area contributed by atoms with Crippen LogP contribution in [0.1, 0.15) is 0 Å². The zero-order chi connectivity index (χ0) is 17.5. The van der Waals surface area contributed by atoms with Crippen LogP contribution in [0.3, 0.4) is 0 Å². The van der Waals surface area contributed by atoms with Crippen LogP contribution in [0.2, 0.25) is 10.0 Å². The SMILES string of the molecule is O=C(COC(=O)COc1ccc(Br)cc1)Nc1c(Cl)cccc1Cl. The first-order chi connectivity index (χ1) is 11.5. The highest BCUT2D eigenvalue weighted by atomic mass is 79.9. The molecule has 0 aliphatic rings. The van der Waals surface area contributed by atoms with Crippen LogP contribution in [-0.2, 0) is 14.3 Å². The highest BCUT2D eigenvalue weighted by molar-refractivity contribution is 9.10. The number of ether oxygens (including phenoxy) is 2. The number of benzene rings is 2. The summed E-state index contributed by atoms with van der Waals surface area (Å²) in [5, 5.41) is 3.07. The third kappa shape index (κ3) is 5.70. The van der Waals surface area contributed by atoms with Gasteiger partial charge in [0.1, 0.15) is 5.75 Å². The Morgan fingerprint density at radius 1 is 1.00 bits per heavy atom. The molecule has 0 aliphatic heterocycles. The number of carbonyl (C=O) groups excluding carboxylic acids is 2. The van der Waals surface area contributed by atoms with Gasteiger partial charge in [0, 0.05) is 4.47 Å². The maximum absolute atomic E-state index is 11.8. The third-order valence-corrected chi connectivity index (χ3v) is 3.92. The first-order valence-electron chi connectivity index (χ1n) is 6.73. The molecule has 126 valence electrons. The van der Waals surface area contributed by atoms with Gasteiger partial charge in [-0.3, -0.25) is 4.79 Å². The largest absolute Gasteiger partial charge is 0.482 e. The Kier molecular flexibility index (Phi) is 6.90. The molecule has 0 bridgehead atoms. The molecular formula is C16H12BrCl2NO4. The second-order valence-corrected chi connectivity index (χ2v) is 6.28. The molecule has 0 unspecified atom stereocenters. The van der Waals surface area contributed by atoms with E-state index < -0.39 is 18.5 Å². The Morgan fingerprint density at radius 3 is 2.25 bits per heavy atom. The molecular weight excluding hydrogens is 421 g/mol. The van der Waals surface area contributed by atoms with Crippen molar-refractivity contribution < 1.29 is 19.1 Å². The van der Waals surface area contributed by atoms with Gasteiger partial charge >= 0.3 is 5.97 Å². The lowest BCUT2D eigenvalue weighted by molar-refractivity contribution is -0.149. The van der Waals surface area contributed by atoms with Gasteiger partial charge in [0.15, 0.2) is 13.2 Å². The summed E-state index contributed by atoms with van der Waals surface area (Å²) < 4.78 is 11.0. The fourth-order valence-electron chi connectivity index (χ4n) is 1.65. The molecule has 0 aliphatic carbocycles. The Hall–Kier alpha value is -1.76. The Balaban J connectivity index is 1.77. The van der Waals surface area contributed by atoms with Crippen molar-refractivity contribution in [2.24, 2.45) is 0 Å². The first-order valence-corrected chi connectivity index (χ1v) is 8.28. The zero-order valence-corrected chi connectivity index (χ0v) is 15.3. The number of carbonyl (C=O) groups is 2. The van der Waals surface area contributed by atoms with Gasteiger partial charge in [-0.2, -0.15) is 0 Å². The summed E-state index contributed by atoms with van der Waals surface area (Å²) in [6, 6.07) is 11.8. The fourth-order valence-corrected chi connectivity index (χ4v) is 2.41. The monoisotopic (exact) mass is 431 g/mol. The van der Waals surface area contributed by atoms with Gasteiger partial charge in [0.05, 0.1) is 15.7 Å². The summed E-state index contributed by atoms with van der Waals surface area (Å²) in [5.74, 6) is -0.706. The topological polar surface area (TPSA) is 64.6 Å². The predicted octanol–water partition coefficient (Wildman–Crippen LogP) is 4.32. The second kappa shape index (κ2) is 8.92. The van der Waals surface area contributed by atoms with E-state index in [1.807, 2.05) is 0 Å². The summed E-state index contributed by atoms with van der Waals surface area (Å²) in [5.41, 5.74) is 0.271. The predicted molar refractivity (Wildman–Crippen MR) is 95.7 cm³/mol. The Bertz CT molecular complexity index is 717. The average Bonchev–Trinajstić information content (AvgIpc) is 2.56. The molecule has 0 saturated heterocycles. The standard InChI is InChI=1S/C16H12BrCl2NO4/c17-10-4-6-11(7-5-10)23-9-15(22)24-8-14(21)20-16-12(18)2-1-3-13(16)19/h1-7H,8-9H2,(H,20,21). The molecule has 0 heterocycles. The van der Waals surface area contributed by atoms with E-state index in [1.165, 1.54) is 0 Å². The highest BCUT2D eigenvalue weighted by Gasteiger charge is 2.12. The number of hydrogen-bond acceptors (Lipinski definition) is 4. The van der Waals surface area contributed by atoms with E-state index in [1.54, 1.807) is 42.5 Å². The zero-order valence-electron chi connectivity index (χ0n) is 12.2. The van der Waals surface area contributed by atoms with Crippen LogP contribution < -0.4 is 10.1 Å². The van der Waals surface area contributed by atoms with Gasteiger partial charge in [-0.05, 0) is 36.4 Å². The van der Waals surface area contributed by atoms with Crippen molar-refractivity contribution in [1.29, 1.82) is 0 Å². The molecule has 2 aromatic rings. The minimum absolute atomic E-state index is 0.271. The maximum atomic E-state index is 11.8. The summed E-state index contributed by atoms with van der Waals surface area (Å²) in [4.78, 5) is 23.4. The van der Waals surface area contributed by atoms with Crippen molar-refractivity contribution >= 4 is 56.7 Å². The number of amides is 1. The molecule has 8 heteroatoms. The first kappa shape index (κ1) is 18.6. The van der Waals surface area contributed by atoms with Crippen molar-refractivity contribution in [2.45, 2.75) is 0 Å². The number of rotatable bonds is 6. The molecule has 2 rings (SSSR count). The van der Waals surface area contributed by atoms with Crippen LogP contribution in [0.5, 0.6) is 5.75 Å². The van der Waals surface area contributed by atoms with E-state index in [0.717, 1.165) is 4.47 Å². The van der Waals surface area contributed by atoms with Crippen molar-refractivity contribution in [2.75, 3.05) is 18.5 Å². The lowest BCUT2D eigenvalue weighted by Crippen LogP contribution is -2.23. The molecule has 1 amide bonds. The fraction of sp³-hybridized carbons (Fsp3) is 0.125. The van der Waals surface area contributed by atoms with Gasteiger partial charge < -0.3 is 14.8 Å². The molecule has 0 saturated carbocycles. The summed E-state index contributed by atoms with van der Waals surface area (Å²) in [7, 11) is 0.